The summed E-state index contributed by atoms with van der Waals surface area (Å²) in [5.41, 5.74) is 5.08. The van der Waals surface area contributed by atoms with Crippen LogP contribution >= 0.6 is 0 Å². The highest BCUT2D eigenvalue weighted by molar-refractivity contribution is 6.42. The molecule has 2 aromatic carbocycles. The lowest BCUT2D eigenvalue weighted by Gasteiger charge is -2.08. The molecule has 0 saturated carbocycles. The van der Waals surface area contributed by atoms with Crippen LogP contribution in [0.2, 0.25) is 0 Å². The first kappa shape index (κ1) is 15.8. The van der Waals surface area contributed by atoms with E-state index in [1.54, 1.807) is 0 Å². The fourth-order valence-electron chi connectivity index (χ4n) is 2.19. The first-order chi connectivity index (χ1) is 10.6. The molecule has 0 aliphatic rings. The Morgan fingerprint density at radius 2 is 1.00 bits per heavy atom. The highest BCUT2D eigenvalue weighted by atomic mass is 16.4. The average Bonchev–Trinajstić information content (AvgIpc) is 2.54. The molecule has 0 bridgehead atoms. The van der Waals surface area contributed by atoms with E-state index in [-0.39, 0.29) is 0 Å². The number of nitrogens with zero attached hydrogens (tertiary/aromatic N) is 2. The second kappa shape index (κ2) is 7.41. The van der Waals surface area contributed by atoms with Crippen LogP contribution in [0.5, 0.6) is 0 Å². The molecular formula is C18H20N2O2. The van der Waals surface area contributed by atoms with Crippen molar-refractivity contribution in [3.05, 3.63) is 70.8 Å². The van der Waals surface area contributed by atoms with Crippen LogP contribution in [0.25, 0.3) is 0 Å². The number of hydrogen-bond donors (Lipinski definition) is 2. The maximum Gasteiger partial charge on any atom is 0.109 e. The van der Waals surface area contributed by atoms with Crippen LogP contribution in [-0.4, -0.2) is 21.8 Å². The Bertz CT molecular complexity index is 610. The van der Waals surface area contributed by atoms with Gasteiger partial charge in [-0.15, -0.1) is 0 Å². The molecule has 0 aliphatic carbocycles. The molecule has 0 atom stereocenters. The second-order valence-electron chi connectivity index (χ2n) is 5.42. The van der Waals surface area contributed by atoms with Crippen LogP contribution in [0.4, 0.5) is 0 Å². The molecule has 22 heavy (non-hydrogen) atoms. The van der Waals surface area contributed by atoms with Gasteiger partial charge in [0.05, 0.1) is 0 Å². The third-order valence-electron chi connectivity index (χ3n) is 3.56. The van der Waals surface area contributed by atoms with Crippen molar-refractivity contribution in [3.63, 3.8) is 0 Å². The van der Waals surface area contributed by atoms with Gasteiger partial charge in [0.25, 0.3) is 0 Å². The lowest BCUT2D eigenvalue weighted by atomic mass is 9.99. The van der Waals surface area contributed by atoms with Crippen LogP contribution < -0.4 is 0 Å². The molecule has 0 aliphatic heterocycles. The van der Waals surface area contributed by atoms with E-state index in [2.05, 4.69) is 10.3 Å². The van der Waals surface area contributed by atoms with Crippen molar-refractivity contribution in [2.75, 3.05) is 0 Å². The summed E-state index contributed by atoms with van der Waals surface area (Å²) in [6.45, 7) is 4.03. The van der Waals surface area contributed by atoms with Crippen molar-refractivity contribution in [2.24, 2.45) is 10.3 Å². The molecule has 0 radical (unpaired) electrons. The van der Waals surface area contributed by atoms with Gasteiger partial charge in [-0.3, -0.25) is 0 Å². The van der Waals surface area contributed by atoms with E-state index in [4.69, 9.17) is 0 Å². The molecular weight excluding hydrogens is 276 g/mol. The Hall–Kier alpha value is -2.62. The smallest absolute Gasteiger partial charge is 0.109 e. The quantitative estimate of drug-likeness (QED) is 0.501. The van der Waals surface area contributed by atoms with Crippen molar-refractivity contribution >= 4 is 11.4 Å². The number of hydrogen-bond acceptors (Lipinski definition) is 4. The Morgan fingerprint density at radius 1 is 0.682 bits per heavy atom. The van der Waals surface area contributed by atoms with E-state index in [1.165, 1.54) is 11.1 Å². The molecule has 2 rings (SSSR count). The topological polar surface area (TPSA) is 65.2 Å². The summed E-state index contributed by atoms with van der Waals surface area (Å²) < 4.78 is 0. The van der Waals surface area contributed by atoms with Crippen molar-refractivity contribution < 1.29 is 10.4 Å². The van der Waals surface area contributed by atoms with Crippen molar-refractivity contribution in [2.45, 2.75) is 26.7 Å². The van der Waals surface area contributed by atoms with Crippen LogP contribution in [0.1, 0.15) is 22.3 Å². The summed E-state index contributed by atoms with van der Waals surface area (Å²) in [5, 5.41) is 25.2. The van der Waals surface area contributed by atoms with E-state index in [0.717, 1.165) is 11.1 Å². The van der Waals surface area contributed by atoms with Gasteiger partial charge in [0, 0.05) is 12.8 Å². The minimum Gasteiger partial charge on any atom is -0.411 e. The summed E-state index contributed by atoms with van der Waals surface area (Å²) in [5.74, 6) is 0. The predicted octanol–water partition coefficient (Wildman–Crippen LogP) is 3.75. The zero-order valence-corrected chi connectivity index (χ0v) is 12.8. The molecule has 114 valence electrons. The molecule has 2 N–H and O–H groups in total. The Morgan fingerprint density at radius 3 is 1.27 bits per heavy atom. The van der Waals surface area contributed by atoms with Gasteiger partial charge in [-0.1, -0.05) is 70.0 Å². The van der Waals surface area contributed by atoms with Crippen LogP contribution in [0.15, 0.2) is 58.8 Å². The number of oxime groups is 2. The molecule has 0 spiro atoms. The first-order valence-electron chi connectivity index (χ1n) is 7.15. The van der Waals surface area contributed by atoms with Crippen LogP contribution in [0, 0.1) is 13.8 Å². The molecule has 0 amide bonds. The molecule has 0 fully saturated rings. The summed E-state index contributed by atoms with van der Waals surface area (Å²) in [7, 11) is 0. The second-order valence-corrected chi connectivity index (χ2v) is 5.42. The van der Waals surface area contributed by atoms with E-state index in [9.17, 15) is 10.4 Å². The van der Waals surface area contributed by atoms with Gasteiger partial charge < -0.3 is 10.4 Å². The maximum absolute atomic E-state index is 9.26. The Labute approximate surface area is 130 Å². The minimum absolute atomic E-state index is 0.368. The zero-order valence-electron chi connectivity index (χ0n) is 12.8. The van der Waals surface area contributed by atoms with E-state index >= 15 is 0 Å². The van der Waals surface area contributed by atoms with Gasteiger partial charge in [0.2, 0.25) is 0 Å². The number of rotatable bonds is 5. The third kappa shape index (κ3) is 4.19. The molecule has 4 heteroatoms. The summed E-state index contributed by atoms with van der Waals surface area (Å²) in [6.07, 6.45) is 0.837. The zero-order chi connectivity index (χ0) is 15.9. The summed E-state index contributed by atoms with van der Waals surface area (Å²) >= 11 is 0. The molecule has 4 nitrogen and oxygen atoms in total. The Kier molecular flexibility index (Phi) is 5.31. The fourth-order valence-corrected chi connectivity index (χ4v) is 2.19. The van der Waals surface area contributed by atoms with Gasteiger partial charge in [0.15, 0.2) is 0 Å². The van der Waals surface area contributed by atoms with E-state index < -0.39 is 0 Å². The average molecular weight is 296 g/mol. The third-order valence-corrected chi connectivity index (χ3v) is 3.56. The first-order valence-corrected chi connectivity index (χ1v) is 7.15. The largest absolute Gasteiger partial charge is 0.411 e. The van der Waals surface area contributed by atoms with Gasteiger partial charge in [-0.2, -0.15) is 0 Å². The molecule has 2 aromatic rings. The standard InChI is InChI=1S/C18H20N2O2/c1-13-3-7-15(8-4-13)11-17(19-21)18(20-22)12-16-9-5-14(2)6-10-16/h3-10,21-22H,11-12H2,1-2H3/b19-17-,20-18+. The number of aryl methyl sites for hydroxylation is 2. The van der Waals surface area contributed by atoms with Gasteiger partial charge in [-0.05, 0) is 25.0 Å². The summed E-state index contributed by atoms with van der Waals surface area (Å²) in [6, 6.07) is 15.9. The molecule has 0 aromatic heterocycles. The fraction of sp³-hybridized carbons (Fsp3) is 0.222. The lowest BCUT2D eigenvalue weighted by Crippen LogP contribution is -2.20. The normalized spacial score (nSPS) is 12.5. The van der Waals surface area contributed by atoms with Gasteiger partial charge in [0.1, 0.15) is 11.4 Å². The van der Waals surface area contributed by atoms with Crippen molar-refractivity contribution in [1.82, 2.24) is 0 Å². The van der Waals surface area contributed by atoms with Gasteiger partial charge in [-0.25, -0.2) is 0 Å². The van der Waals surface area contributed by atoms with Crippen LogP contribution in [0.3, 0.4) is 0 Å². The molecule has 0 heterocycles. The highest BCUT2D eigenvalue weighted by Gasteiger charge is 2.13. The van der Waals surface area contributed by atoms with E-state index in [0.29, 0.717) is 24.3 Å². The van der Waals surface area contributed by atoms with Crippen LogP contribution in [-0.2, 0) is 12.8 Å². The Balaban J connectivity index is 2.13. The molecule has 0 saturated heterocycles. The SMILES string of the molecule is Cc1ccc(CC(=N/O)/C(Cc2ccc(C)cc2)=N/O)cc1. The van der Waals surface area contributed by atoms with Gasteiger partial charge >= 0.3 is 0 Å². The minimum atomic E-state index is 0.368. The number of benzene rings is 2. The maximum atomic E-state index is 9.26. The van der Waals surface area contributed by atoms with Crippen molar-refractivity contribution in [1.29, 1.82) is 0 Å². The van der Waals surface area contributed by atoms with E-state index in [1.807, 2.05) is 62.4 Å². The monoisotopic (exact) mass is 296 g/mol. The highest BCUT2D eigenvalue weighted by Crippen LogP contribution is 2.09. The predicted molar refractivity (Wildman–Crippen MR) is 88.2 cm³/mol. The summed E-state index contributed by atoms with van der Waals surface area (Å²) in [4.78, 5) is 0. The molecule has 0 unspecified atom stereocenters. The van der Waals surface area contributed by atoms with Crippen molar-refractivity contribution in [3.8, 4) is 0 Å². The lowest BCUT2D eigenvalue weighted by molar-refractivity contribution is 0.313.